The topological polar surface area (TPSA) is 83.6 Å². The first kappa shape index (κ1) is 18.4. The monoisotopic (exact) mass is 358 g/mol. The van der Waals surface area contributed by atoms with Crippen LogP contribution < -0.4 is 26.2 Å². The molecule has 7 nitrogen and oxygen atoms in total. The van der Waals surface area contributed by atoms with Gasteiger partial charge in [-0.05, 0) is 44.0 Å². The molecule has 0 bridgehead atoms. The van der Waals surface area contributed by atoms with Gasteiger partial charge < -0.3 is 15.4 Å². The van der Waals surface area contributed by atoms with Crippen molar-refractivity contribution in [2.45, 2.75) is 32.2 Å². The molecule has 1 aromatic carbocycles. The Kier molecular flexibility index (Phi) is 6.22. The average Bonchev–Trinajstić information content (AvgIpc) is 2.67. The van der Waals surface area contributed by atoms with Crippen LogP contribution in [0.4, 0.5) is 11.4 Å². The fraction of sp³-hybridized carbons (Fsp3) is 0.526. The summed E-state index contributed by atoms with van der Waals surface area (Å²) in [5.41, 5.74) is 1.04. The number of pyridine rings is 1. The van der Waals surface area contributed by atoms with E-state index < -0.39 is 10.9 Å². The number of anilines is 2. The zero-order valence-corrected chi connectivity index (χ0v) is 15.2. The summed E-state index contributed by atoms with van der Waals surface area (Å²) >= 11 is 0. The molecule has 2 aromatic rings. The third-order valence-corrected chi connectivity index (χ3v) is 4.69. The molecule has 1 aliphatic heterocycles. The molecule has 1 aliphatic rings. The molecule has 1 fully saturated rings. The van der Waals surface area contributed by atoms with Gasteiger partial charge in [-0.3, -0.25) is 14.5 Å². The van der Waals surface area contributed by atoms with Gasteiger partial charge in [0.1, 0.15) is 11.4 Å². The highest BCUT2D eigenvalue weighted by atomic mass is 16.5. The van der Waals surface area contributed by atoms with Gasteiger partial charge in [0.15, 0.2) is 0 Å². The van der Waals surface area contributed by atoms with Crippen molar-refractivity contribution in [2.24, 2.45) is 0 Å². The summed E-state index contributed by atoms with van der Waals surface area (Å²) in [6.07, 6.45) is 6.39. The van der Waals surface area contributed by atoms with Gasteiger partial charge in [-0.25, -0.2) is 4.98 Å². The molecule has 0 atom stereocenters. The zero-order valence-electron chi connectivity index (χ0n) is 15.2. The third kappa shape index (κ3) is 4.40. The van der Waals surface area contributed by atoms with E-state index >= 15 is 0 Å². The lowest BCUT2D eigenvalue weighted by molar-refractivity contribution is 0.220. The Hall–Kier alpha value is -2.41. The number of likely N-dealkylation sites (tertiary alicyclic amines) is 1. The normalized spacial score (nSPS) is 15.1. The van der Waals surface area contributed by atoms with E-state index in [1.54, 1.807) is 13.2 Å². The van der Waals surface area contributed by atoms with E-state index in [1.165, 1.54) is 24.8 Å². The van der Waals surface area contributed by atoms with Gasteiger partial charge >= 0.3 is 0 Å². The van der Waals surface area contributed by atoms with Crippen molar-refractivity contribution in [2.75, 3.05) is 43.9 Å². The van der Waals surface area contributed by atoms with Crippen molar-refractivity contribution >= 4 is 11.4 Å². The maximum Gasteiger partial charge on any atom is 0.253 e. The predicted molar refractivity (Wildman–Crippen MR) is 103 cm³/mol. The Labute approximate surface area is 153 Å². The van der Waals surface area contributed by atoms with Crippen molar-refractivity contribution in [1.29, 1.82) is 0 Å². The molecule has 0 saturated carbocycles. The van der Waals surface area contributed by atoms with E-state index in [4.69, 9.17) is 4.74 Å². The van der Waals surface area contributed by atoms with E-state index in [0.717, 1.165) is 19.6 Å². The summed E-state index contributed by atoms with van der Waals surface area (Å²) in [6.45, 7) is 4.33. The maximum absolute atomic E-state index is 11.5. The molecular formula is C19H26N4O3. The van der Waals surface area contributed by atoms with E-state index in [-0.39, 0.29) is 0 Å². The minimum Gasteiger partial charge on any atom is -0.478 e. The number of hydrogen-bond donors (Lipinski definition) is 2. The Balaban J connectivity index is 1.40. The number of piperidine rings is 1. The van der Waals surface area contributed by atoms with Crippen LogP contribution >= 0.6 is 0 Å². The van der Waals surface area contributed by atoms with Crippen LogP contribution in [0.25, 0.3) is 0 Å². The third-order valence-electron chi connectivity index (χ3n) is 4.69. The second kappa shape index (κ2) is 8.80. The first-order valence-electron chi connectivity index (χ1n) is 9.24. The van der Waals surface area contributed by atoms with Crippen molar-refractivity contribution in [3.63, 3.8) is 0 Å². The zero-order chi connectivity index (χ0) is 18.4. The van der Waals surface area contributed by atoms with Crippen LogP contribution in [-0.4, -0.2) is 43.2 Å². The highest BCUT2D eigenvalue weighted by Gasteiger charge is 2.18. The van der Waals surface area contributed by atoms with Gasteiger partial charge in [0.05, 0.1) is 6.61 Å². The molecular weight excluding hydrogens is 332 g/mol. The average molecular weight is 358 g/mol. The Bertz CT molecular complexity index is 792. The number of aromatic nitrogens is 1. The van der Waals surface area contributed by atoms with Crippen LogP contribution in [0.5, 0.6) is 5.88 Å². The summed E-state index contributed by atoms with van der Waals surface area (Å²) in [5, 5.41) is 5.73. The number of nitrogens with zero attached hydrogens (tertiary/aromatic N) is 2. The highest BCUT2D eigenvalue weighted by molar-refractivity contribution is 5.73. The van der Waals surface area contributed by atoms with Crippen molar-refractivity contribution in [3.8, 4) is 5.88 Å². The van der Waals surface area contributed by atoms with Gasteiger partial charge in [0, 0.05) is 32.4 Å². The second-order valence-electron chi connectivity index (χ2n) is 6.63. The first-order valence-corrected chi connectivity index (χ1v) is 9.24. The van der Waals surface area contributed by atoms with Gasteiger partial charge in [0.25, 0.3) is 10.9 Å². The van der Waals surface area contributed by atoms with Crippen molar-refractivity contribution < 1.29 is 4.74 Å². The lowest BCUT2D eigenvalue weighted by atomic mass is 10.1. The van der Waals surface area contributed by atoms with Crippen molar-refractivity contribution in [1.82, 2.24) is 9.88 Å². The Morgan fingerprint density at radius 3 is 2.69 bits per heavy atom. The van der Waals surface area contributed by atoms with Gasteiger partial charge in [-0.1, -0.05) is 6.42 Å². The van der Waals surface area contributed by atoms with Crippen LogP contribution in [0.2, 0.25) is 0 Å². The second-order valence-corrected chi connectivity index (χ2v) is 6.63. The molecule has 1 saturated heterocycles. The summed E-state index contributed by atoms with van der Waals surface area (Å²) in [7, 11) is 1.63. The van der Waals surface area contributed by atoms with Gasteiger partial charge in [-0.15, -0.1) is 0 Å². The lowest BCUT2D eigenvalue weighted by Crippen LogP contribution is -2.37. The molecule has 2 heterocycles. The molecule has 0 amide bonds. The summed E-state index contributed by atoms with van der Waals surface area (Å²) in [4.78, 5) is 29.5. The fourth-order valence-electron chi connectivity index (χ4n) is 3.26. The van der Waals surface area contributed by atoms with Crippen LogP contribution in [0.1, 0.15) is 31.2 Å². The summed E-state index contributed by atoms with van der Waals surface area (Å²) in [6, 6.07) is 4.03. The lowest BCUT2D eigenvalue weighted by Gasteiger charge is -2.26. The smallest absolute Gasteiger partial charge is 0.253 e. The van der Waals surface area contributed by atoms with Crippen molar-refractivity contribution in [3.05, 3.63) is 44.3 Å². The molecule has 0 unspecified atom stereocenters. The van der Waals surface area contributed by atoms with E-state index in [2.05, 4.69) is 20.5 Å². The number of hydrogen-bond acceptors (Lipinski definition) is 7. The Morgan fingerprint density at radius 1 is 1.15 bits per heavy atom. The van der Waals surface area contributed by atoms with Crippen LogP contribution in [0, 0.1) is 0 Å². The van der Waals surface area contributed by atoms with Crippen LogP contribution in [0.3, 0.4) is 0 Å². The molecule has 7 heteroatoms. The predicted octanol–water partition coefficient (Wildman–Crippen LogP) is 1.59. The molecule has 0 spiro atoms. The minimum absolute atomic E-state index is 0.364. The molecule has 1 aromatic heterocycles. The summed E-state index contributed by atoms with van der Waals surface area (Å²) < 4.78 is 5.72. The molecule has 0 radical (unpaired) electrons. The Morgan fingerprint density at radius 2 is 1.92 bits per heavy atom. The van der Waals surface area contributed by atoms with E-state index in [9.17, 15) is 9.59 Å². The standard InChI is InChI=1S/C19H26N4O3/c1-20-16-17(19(25)18(16)24)22-7-5-11-26-15-12-14(6-8-21-15)13-23-9-3-2-4-10-23/h6,8,12,20,22H,2-5,7,9-11,13H2,1H3. The molecule has 3 rings (SSSR count). The van der Waals surface area contributed by atoms with Crippen LogP contribution in [0.15, 0.2) is 27.9 Å². The molecule has 0 aliphatic carbocycles. The largest absolute Gasteiger partial charge is 0.478 e. The summed E-state index contributed by atoms with van der Waals surface area (Å²) in [5.74, 6) is 0.629. The number of ether oxygens (including phenoxy) is 1. The minimum atomic E-state index is -0.457. The van der Waals surface area contributed by atoms with Gasteiger partial charge in [0.2, 0.25) is 5.88 Å². The fourth-order valence-corrected chi connectivity index (χ4v) is 3.26. The number of nitrogens with one attached hydrogen (secondary N) is 2. The van der Waals surface area contributed by atoms with E-state index in [0.29, 0.717) is 36.8 Å². The quantitative estimate of drug-likeness (QED) is 0.520. The maximum atomic E-state index is 11.5. The molecule has 2 N–H and O–H groups in total. The number of rotatable bonds is 9. The first-order chi connectivity index (χ1) is 12.7. The SMILES string of the molecule is CNc1c(NCCCOc2cc(CN3CCCCC3)ccn2)c(=O)c1=O. The molecule has 26 heavy (non-hydrogen) atoms. The van der Waals surface area contributed by atoms with E-state index in [1.807, 2.05) is 12.1 Å². The molecule has 140 valence electrons. The highest BCUT2D eigenvalue weighted by Crippen LogP contribution is 2.16. The van der Waals surface area contributed by atoms with Gasteiger partial charge in [-0.2, -0.15) is 0 Å². The van der Waals surface area contributed by atoms with Crippen LogP contribution in [-0.2, 0) is 6.54 Å².